The number of ether oxygens (including phenoxy) is 1. The van der Waals surface area contributed by atoms with E-state index < -0.39 is 12.1 Å². The van der Waals surface area contributed by atoms with Crippen molar-refractivity contribution >= 4 is 16.8 Å². The summed E-state index contributed by atoms with van der Waals surface area (Å²) in [7, 11) is 0. The summed E-state index contributed by atoms with van der Waals surface area (Å²) in [5, 5.41) is 18.6. The van der Waals surface area contributed by atoms with Crippen LogP contribution in [0.15, 0.2) is 36.5 Å². The van der Waals surface area contributed by atoms with Gasteiger partial charge in [0, 0.05) is 18.4 Å². The van der Waals surface area contributed by atoms with E-state index in [1.54, 1.807) is 18.3 Å². The van der Waals surface area contributed by atoms with Gasteiger partial charge >= 0.3 is 0 Å². The summed E-state index contributed by atoms with van der Waals surface area (Å²) in [6.07, 6.45) is 1.35. The van der Waals surface area contributed by atoms with Crippen molar-refractivity contribution in [1.82, 2.24) is 20.1 Å². The summed E-state index contributed by atoms with van der Waals surface area (Å²) in [6.45, 7) is 2.88. The highest BCUT2D eigenvalue weighted by atomic mass is 19.1. The molecule has 8 heteroatoms. The smallest absolute Gasteiger partial charge is 0.226 e. The highest BCUT2D eigenvalue weighted by Crippen LogP contribution is 2.22. The number of aromatic nitrogens is 3. The Balaban J connectivity index is 1.68. The average Bonchev–Trinajstić information content (AvgIpc) is 3.09. The molecule has 1 aliphatic rings. The predicted molar refractivity (Wildman–Crippen MR) is 105 cm³/mol. The Bertz CT molecular complexity index is 1040. The molecule has 3 heterocycles. The zero-order valence-electron chi connectivity index (χ0n) is 16.1. The number of nitrogens with zero attached hydrogens (tertiary/aromatic N) is 3. The molecule has 2 atom stereocenters. The molecular formula is C21H23FN4O3. The highest BCUT2D eigenvalue weighted by molar-refractivity contribution is 5.84. The summed E-state index contributed by atoms with van der Waals surface area (Å²) in [4.78, 5) is 17.3. The molecule has 4 rings (SSSR count). The van der Waals surface area contributed by atoms with E-state index in [0.717, 1.165) is 10.9 Å². The van der Waals surface area contributed by atoms with Gasteiger partial charge in [0.25, 0.3) is 0 Å². The summed E-state index contributed by atoms with van der Waals surface area (Å²) in [5.41, 5.74) is 2.78. The molecule has 2 bridgehead atoms. The minimum atomic E-state index is -0.760. The predicted octanol–water partition coefficient (Wildman–Crippen LogP) is 1.92. The molecule has 7 nitrogen and oxygen atoms in total. The van der Waals surface area contributed by atoms with Crippen molar-refractivity contribution in [2.24, 2.45) is 0 Å². The molecule has 1 aromatic carbocycles. The third kappa shape index (κ3) is 4.28. The third-order valence-electron chi connectivity index (χ3n) is 4.99. The van der Waals surface area contributed by atoms with Crippen molar-refractivity contribution in [3.63, 3.8) is 0 Å². The standard InChI is InChI=1S/C21H23FN4O3/c1-2-26-21-14(10-23-26)7-16-8-20(28)25-19(13-4-3-5-15(22)6-13)12-29-11-17(27)9-18(21)24-16/h3-7,10,17,19,27H,2,8-9,11-12H2,1H3,(H,25,28)/t17-,19-/m1/s1. The van der Waals surface area contributed by atoms with Crippen LogP contribution in [0.1, 0.15) is 29.9 Å². The van der Waals surface area contributed by atoms with Crippen LogP contribution in [0.5, 0.6) is 0 Å². The molecule has 0 saturated heterocycles. The number of rotatable bonds is 2. The van der Waals surface area contributed by atoms with E-state index in [0.29, 0.717) is 29.9 Å². The van der Waals surface area contributed by atoms with E-state index in [-0.39, 0.29) is 31.4 Å². The van der Waals surface area contributed by atoms with Crippen molar-refractivity contribution in [3.8, 4) is 0 Å². The lowest BCUT2D eigenvalue weighted by Gasteiger charge is -2.22. The lowest BCUT2D eigenvalue weighted by Crippen LogP contribution is -2.34. The van der Waals surface area contributed by atoms with Gasteiger partial charge in [-0.05, 0) is 30.7 Å². The van der Waals surface area contributed by atoms with E-state index >= 15 is 0 Å². The number of carbonyl (C=O) groups is 1. The largest absolute Gasteiger partial charge is 0.390 e. The van der Waals surface area contributed by atoms with Gasteiger partial charge in [-0.15, -0.1) is 0 Å². The van der Waals surface area contributed by atoms with E-state index in [4.69, 9.17) is 4.74 Å². The fourth-order valence-electron chi connectivity index (χ4n) is 3.69. The van der Waals surface area contributed by atoms with Gasteiger partial charge < -0.3 is 15.2 Å². The number of hydrogen-bond donors (Lipinski definition) is 2. The molecular weight excluding hydrogens is 375 g/mol. The second-order valence-electron chi connectivity index (χ2n) is 7.21. The second kappa shape index (κ2) is 8.26. The van der Waals surface area contributed by atoms with Crippen LogP contribution in [0.3, 0.4) is 0 Å². The van der Waals surface area contributed by atoms with E-state index in [9.17, 15) is 14.3 Å². The number of aliphatic hydroxyl groups is 1. The van der Waals surface area contributed by atoms with Crippen LogP contribution < -0.4 is 5.32 Å². The van der Waals surface area contributed by atoms with Crippen molar-refractivity contribution in [2.45, 2.75) is 38.5 Å². The SMILES string of the molecule is CCn1ncc2cc3nc(c21)C[C@@H](O)COC[C@H](c1cccc(F)c1)NC(=O)C3. The number of nitrogens with one attached hydrogen (secondary N) is 1. The first-order valence-corrected chi connectivity index (χ1v) is 9.68. The van der Waals surface area contributed by atoms with Gasteiger partial charge in [0.1, 0.15) is 5.82 Å². The summed E-state index contributed by atoms with van der Waals surface area (Å²) in [6, 6.07) is 7.39. The summed E-state index contributed by atoms with van der Waals surface area (Å²) < 4.78 is 21.1. The molecule has 0 spiro atoms. The molecule has 0 fully saturated rings. The fourth-order valence-corrected chi connectivity index (χ4v) is 3.69. The maximum absolute atomic E-state index is 13.6. The number of aliphatic hydroxyl groups excluding tert-OH is 1. The molecule has 1 aliphatic heterocycles. The van der Waals surface area contributed by atoms with Gasteiger partial charge in [0.15, 0.2) is 0 Å². The number of carbonyl (C=O) groups excluding carboxylic acids is 1. The molecule has 2 aromatic heterocycles. The molecule has 1 amide bonds. The number of fused-ring (bicyclic) bond motifs is 4. The van der Waals surface area contributed by atoms with Crippen molar-refractivity contribution in [2.75, 3.05) is 13.2 Å². The number of amides is 1. The Kier molecular flexibility index (Phi) is 5.55. The first-order valence-electron chi connectivity index (χ1n) is 9.68. The summed E-state index contributed by atoms with van der Waals surface area (Å²) >= 11 is 0. The molecule has 29 heavy (non-hydrogen) atoms. The quantitative estimate of drug-likeness (QED) is 0.689. The lowest BCUT2D eigenvalue weighted by molar-refractivity contribution is -0.121. The lowest BCUT2D eigenvalue weighted by atomic mass is 10.1. The van der Waals surface area contributed by atoms with Gasteiger partial charge in [-0.1, -0.05) is 12.1 Å². The molecule has 3 aromatic rings. The fraction of sp³-hybridized carbons (Fsp3) is 0.381. The first-order chi connectivity index (χ1) is 14.0. The van der Waals surface area contributed by atoms with Crippen molar-refractivity contribution in [1.29, 1.82) is 0 Å². The van der Waals surface area contributed by atoms with Crippen LogP contribution >= 0.6 is 0 Å². The van der Waals surface area contributed by atoms with Crippen LogP contribution in [-0.2, 0) is 28.9 Å². The molecule has 2 N–H and O–H groups in total. The Labute approximate surface area is 167 Å². The molecule has 152 valence electrons. The molecule has 0 aliphatic carbocycles. The number of benzene rings is 1. The Hall–Kier alpha value is -2.84. The monoisotopic (exact) mass is 398 g/mol. The highest BCUT2D eigenvalue weighted by Gasteiger charge is 2.21. The molecule has 0 saturated carbocycles. The van der Waals surface area contributed by atoms with Crippen LogP contribution in [0.4, 0.5) is 4.39 Å². The second-order valence-corrected chi connectivity index (χ2v) is 7.21. The van der Waals surface area contributed by atoms with Crippen LogP contribution in [0.2, 0.25) is 0 Å². The zero-order valence-corrected chi connectivity index (χ0v) is 16.1. The Morgan fingerprint density at radius 2 is 2.21 bits per heavy atom. The number of halogens is 1. The average molecular weight is 398 g/mol. The maximum Gasteiger partial charge on any atom is 0.226 e. The Morgan fingerprint density at radius 1 is 1.34 bits per heavy atom. The number of hydrogen-bond acceptors (Lipinski definition) is 5. The van der Waals surface area contributed by atoms with E-state index in [1.807, 2.05) is 17.7 Å². The van der Waals surface area contributed by atoms with Crippen LogP contribution in [-0.4, -0.2) is 45.1 Å². The third-order valence-corrected chi connectivity index (χ3v) is 4.99. The van der Waals surface area contributed by atoms with Gasteiger partial charge in [0.2, 0.25) is 5.91 Å². The maximum atomic E-state index is 13.6. The first kappa shape index (κ1) is 19.5. The van der Waals surface area contributed by atoms with E-state index in [1.165, 1.54) is 12.1 Å². The molecule has 0 unspecified atom stereocenters. The topological polar surface area (TPSA) is 89.3 Å². The minimum absolute atomic E-state index is 0.0716. The number of pyridine rings is 1. The van der Waals surface area contributed by atoms with Crippen molar-refractivity contribution in [3.05, 3.63) is 59.3 Å². The van der Waals surface area contributed by atoms with E-state index in [2.05, 4.69) is 15.4 Å². The minimum Gasteiger partial charge on any atom is -0.390 e. The van der Waals surface area contributed by atoms with Gasteiger partial charge in [-0.2, -0.15) is 5.10 Å². The van der Waals surface area contributed by atoms with Crippen LogP contribution in [0.25, 0.3) is 10.9 Å². The van der Waals surface area contributed by atoms with Gasteiger partial charge in [0.05, 0.1) is 54.9 Å². The van der Waals surface area contributed by atoms with Gasteiger partial charge in [-0.25, -0.2) is 4.39 Å². The van der Waals surface area contributed by atoms with Crippen molar-refractivity contribution < 1.29 is 19.0 Å². The number of aryl methyl sites for hydroxylation is 1. The van der Waals surface area contributed by atoms with Crippen LogP contribution in [0, 0.1) is 5.82 Å². The zero-order chi connectivity index (χ0) is 20.4. The van der Waals surface area contributed by atoms with Gasteiger partial charge in [-0.3, -0.25) is 14.5 Å². The normalized spacial score (nSPS) is 20.7. The molecule has 0 radical (unpaired) electrons. The Morgan fingerprint density at radius 3 is 3.00 bits per heavy atom. The summed E-state index contributed by atoms with van der Waals surface area (Å²) in [5.74, 6) is -0.614.